The van der Waals surface area contributed by atoms with Gasteiger partial charge in [0.25, 0.3) is 5.56 Å². The summed E-state index contributed by atoms with van der Waals surface area (Å²) in [6, 6.07) is 0. The van der Waals surface area contributed by atoms with E-state index in [9.17, 15) is 19.3 Å². The molecule has 124 valence electrons. The molecule has 1 aliphatic heterocycles. The maximum atomic E-state index is 11.8. The van der Waals surface area contributed by atoms with Crippen molar-refractivity contribution in [2.75, 3.05) is 13.7 Å². The number of aromatic amines is 1. The fraction of sp³-hybridized carbons (Fsp3) is 0.636. The van der Waals surface area contributed by atoms with E-state index >= 15 is 0 Å². The van der Waals surface area contributed by atoms with E-state index < -0.39 is 37.5 Å². The van der Waals surface area contributed by atoms with E-state index in [2.05, 4.69) is 14.0 Å². The minimum atomic E-state index is -4.18. The number of ether oxygens (including phenoxy) is 1. The molecule has 2 heterocycles. The Morgan fingerprint density at radius 3 is 2.86 bits per heavy atom. The predicted molar refractivity (Wildman–Crippen MR) is 73.4 cm³/mol. The maximum absolute atomic E-state index is 11.8. The lowest BCUT2D eigenvalue weighted by molar-refractivity contribution is -0.0458. The fourth-order valence-corrected chi connectivity index (χ4v) is 2.50. The van der Waals surface area contributed by atoms with Gasteiger partial charge in [-0.2, -0.15) is 0 Å². The largest absolute Gasteiger partial charge is 0.472 e. The Morgan fingerprint density at radius 1 is 1.55 bits per heavy atom. The second kappa shape index (κ2) is 6.45. The van der Waals surface area contributed by atoms with Crippen LogP contribution in [0.15, 0.2) is 15.8 Å². The number of hydrogen-bond donors (Lipinski definition) is 3. The van der Waals surface area contributed by atoms with Crippen LogP contribution in [0, 0.1) is 6.92 Å². The van der Waals surface area contributed by atoms with Crippen molar-refractivity contribution < 1.29 is 28.3 Å². The van der Waals surface area contributed by atoms with Crippen molar-refractivity contribution in [1.82, 2.24) is 9.55 Å². The Balaban J connectivity index is 2.11. The molecule has 0 radical (unpaired) electrons. The first-order chi connectivity index (χ1) is 10.2. The highest BCUT2D eigenvalue weighted by molar-refractivity contribution is 7.47. The van der Waals surface area contributed by atoms with Gasteiger partial charge in [0, 0.05) is 25.3 Å². The molecule has 11 heteroatoms. The summed E-state index contributed by atoms with van der Waals surface area (Å²) in [5.41, 5.74) is -0.850. The van der Waals surface area contributed by atoms with E-state index in [1.54, 1.807) is 0 Å². The average molecular weight is 336 g/mol. The zero-order valence-corrected chi connectivity index (χ0v) is 12.9. The van der Waals surface area contributed by atoms with Crippen molar-refractivity contribution in [2.24, 2.45) is 0 Å². The first-order valence-electron chi connectivity index (χ1n) is 6.42. The summed E-state index contributed by atoms with van der Waals surface area (Å²) in [4.78, 5) is 34.4. The minimum absolute atomic E-state index is 0.0716. The number of aliphatic hydroxyl groups is 1. The Hall–Kier alpha value is -1.29. The van der Waals surface area contributed by atoms with Gasteiger partial charge in [0.2, 0.25) is 0 Å². The maximum Gasteiger partial charge on any atom is 0.472 e. The lowest BCUT2D eigenvalue weighted by Crippen LogP contribution is -2.33. The molecule has 1 aromatic rings. The van der Waals surface area contributed by atoms with Crippen LogP contribution >= 0.6 is 7.82 Å². The molecule has 0 saturated carbocycles. The van der Waals surface area contributed by atoms with Crippen LogP contribution in [0.25, 0.3) is 0 Å². The molecule has 4 atom stereocenters. The summed E-state index contributed by atoms with van der Waals surface area (Å²) < 4.78 is 26.7. The SMILES string of the molecule is COP(=O)(O)OC[C@H]1O[C@@H](n2cc(C)c(=O)[nH]c2=O)C[C@H]1O. The lowest BCUT2D eigenvalue weighted by Gasteiger charge is -2.17. The highest BCUT2D eigenvalue weighted by Gasteiger charge is 2.37. The first kappa shape index (κ1) is 17.1. The topological polar surface area (TPSA) is 140 Å². The van der Waals surface area contributed by atoms with E-state index in [-0.39, 0.29) is 13.0 Å². The van der Waals surface area contributed by atoms with Gasteiger partial charge in [-0.1, -0.05) is 0 Å². The third kappa shape index (κ3) is 3.72. The standard InChI is InChI=1S/C11H17N2O8P/c1-6-4-13(11(16)12-10(6)15)9-3-7(14)8(21-9)5-20-22(17,18)19-2/h4,7-9,14H,3,5H2,1-2H3,(H,17,18)(H,12,15,16)/t7-,8-,9-/m1/s1. The van der Waals surface area contributed by atoms with Crippen LogP contribution < -0.4 is 11.2 Å². The van der Waals surface area contributed by atoms with Crippen molar-refractivity contribution in [3.8, 4) is 0 Å². The molecule has 0 aromatic carbocycles. The summed E-state index contributed by atoms with van der Waals surface area (Å²) in [5, 5.41) is 9.90. The van der Waals surface area contributed by atoms with Crippen LogP contribution in [0.3, 0.4) is 0 Å². The zero-order valence-electron chi connectivity index (χ0n) is 12.0. The summed E-state index contributed by atoms with van der Waals surface area (Å²) >= 11 is 0. The second-order valence-electron chi connectivity index (χ2n) is 4.86. The second-order valence-corrected chi connectivity index (χ2v) is 6.42. The number of phosphoric acid groups is 1. The van der Waals surface area contributed by atoms with Crippen molar-refractivity contribution in [1.29, 1.82) is 0 Å². The molecule has 0 aliphatic carbocycles. The van der Waals surface area contributed by atoms with Gasteiger partial charge in [-0.15, -0.1) is 0 Å². The van der Waals surface area contributed by atoms with Crippen LogP contribution in [0.5, 0.6) is 0 Å². The molecule has 1 aliphatic rings. The molecule has 2 rings (SSSR count). The van der Waals surface area contributed by atoms with Crippen LogP contribution in [-0.2, 0) is 18.3 Å². The van der Waals surface area contributed by atoms with E-state index in [4.69, 9.17) is 9.63 Å². The van der Waals surface area contributed by atoms with E-state index in [1.807, 2.05) is 0 Å². The lowest BCUT2D eigenvalue weighted by atomic mass is 10.2. The van der Waals surface area contributed by atoms with Gasteiger partial charge in [-0.3, -0.25) is 23.4 Å². The quantitative estimate of drug-likeness (QED) is 0.597. The summed E-state index contributed by atoms with van der Waals surface area (Å²) in [5.74, 6) is 0. The highest BCUT2D eigenvalue weighted by atomic mass is 31.2. The third-order valence-electron chi connectivity index (χ3n) is 3.29. The monoisotopic (exact) mass is 336 g/mol. The number of aromatic nitrogens is 2. The van der Waals surface area contributed by atoms with Gasteiger partial charge in [-0.25, -0.2) is 9.36 Å². The number of aliphatic hydroxyl groups excluding tert-OH is 1. The Labute approximate surface area is 124 Å². The molecular formula is C11H17N2O8P. The molecule has 22 heavy (non-hydrogen) atoms. The summed E-state index contributed by atoms with van der Waals surface area (Å²) in [6.07, 6.45) is -1.32. The number of H-pyrrole nitrogens is 1. The molecule has 0 amide bonds. The number of aryl methyl sites for hydroxylation is 1. The van der Waals surface area contributed by atoms with Gasteiger partial charge < -0.3 is 14.7 Å². The van der Waals surface area contributed by atoms with E-state index in [0.29, 0.717) is 5.56 Å². The van der Waals surface area contributed by atoms with Crippen LogP contribution in [0.2, 0.25) is 0 Å². The normalized spacial score (nSPS) is 27.7. The Bertz CT molecular complexity index is 698. The van der Waals surface area contributed by atoms with Gasteiger partial charge in [-0.05, 0) is 6.92 Å². The molecule has 0 bridgehead atoms. The number of nitrogens with zero attached hydrogens (tertiary/aromatic N) is 1. The van der Waals surface area contributed by atoms with Gasteiger partial charge >= 0.3 is 13.5 Å². The molecule has 1 aromatic heterocycles. The van der Waals surface area contributed by atoms with Gasteiger partial charge in [0.1, 0.15) is 12.3 Å². The smallest absolute Gasteiger partial charge is 0.390 e. The van der Waals surface area contributed by atoms with Crippen molar-refractivity contribution in [3.63, 3.8) is 0 Å². The number of hydrogen-bond acceptors (Lipinski definition) is 7. The predicted octanol–water partition coefficient (Wildman–Crippen LogP) is -0.743. The van der Waals surface area contributed by atoms with Crippen LogP contribution in [0.1, 0.15) is 18.2 Å². The van der Waals surface area contributed by atoms with E-state index in [0.717, 1.165) is 11.7 Å². The van der Waals surface area contributed by atoms with E-state index in [1.165, 1.54) is 13.1 Å². The van der Waals surface area contributed by atoms with Crippen LogP contribution in [0.4, 0.5) is 0 Å². The van der Waals surface area contributed by atoms with Crippen molar-refractivity contribution >= 4 is 7.82 Å². The Kier molecular flexibility index (Phi) is 5.00. The summed E-state index contributed by atoms with van der Waals surface area (Å²) in [7, 11) is -3.16. The third-order valence-corrected chi connectivity index (χ3v) is 4.23. The highest BCUT2D eigenvalue weighted by Crippen LogP contribution is 2.43. The average Bonchev–Trinajstić information content (AvgIpc) is 2.82. The molecule has 1 unspecified atom stereocenters. The van der Waals surface area contributed by atoms with Gasteiger partial charge in [0.05, 0.1) is 12.7 Å². The molecule has 1 saturated heterocycles. The van der Waals surface area contributed by atoms with Crippen LogP contribution in [-0.4, -0.2) is 45.5 Å². The van der Waals surface area contributed by atoms with Crippen molar-refractivity contribution in [3.05, 3.63) is 32.6 Å². The van der Waals surface area contributed by atoms with Gasteiger partial charge in [0.15, 0.2) is 0 Å². The number of rotatable bonds is 5. The molecule has 0 spiro atoms. The minimum Gasteiger partial charge on any atom is -0.390 e. The Morgan fingerprint density at radius 2 is 2.23 bits per heavy atom. The molecule has 10 nitrogen and oxygen atoms in total. The van der Waals surface area contributed by atoms with Crippen molar-refractivity contribution in [2.45, 2.75) is 31.8 Å². The molecule has 1 fully saturated rings. The molecule has 3 N–H and O–H groups in total. The fourth-order valence-electron chi connectivity index (χ4n) is 2.06. The first-order valence-corrected chi connectivity index (χ1v) is 7.91. The number of phosphoric ester groups is 1. The summed E-state index contributed by atoms with van der Waals surface area (Å²) in [6.45, 7) is 1.15. The number of nitrogens with one attached hydrogen (secondary N) is 1. The molecular weight excluding hydrogens is 319 g/mol. The zero-order chi connectivity index (χ0) is 16.5.